The minimum absolute atomic E-state index is 0.419. The third-order valence-corrected chi connectivity index (χ3v) is 11.6. The zero-order valence-corrected chi connectivity index (χ0v) is 20.6. The monoisotopic (exact) mass is 462 g/mol. The largest absolute Gasteiger partial charge is 0.0763 e. The van der Waals surface area contributed by atoms with Gasteiger partial charge in [0.1, 0.15) is 0 Å². The maximum atomic E-state index is 2.46. The van der Waals surface area contributed by atoms with E-state index in [4.69, 9.17) is 0 Å². The summed E-state index contributed by atoms with van der Waals surface area (Å²) in [5.41, 5.74) is 0.493. The summed E-state index contributed by atoms with van der Waals surface area (Å²) >= 11 is 0. The molecule has 0 spiro atoms. The van der Waals surface area contributed by atoms with E-state index in [1.165, 1.54) is 21.2 Å². The first-order chi connectivity index (χ1) is 16.3. The first-order valence-electron chi connectivity index (χ1n) is 11.5. The molecule has 33 heavy (non-hydrogen) atoms. The molecule has 0 saturated carbocycles. The summed E-state index contributed by atoms with van der Waals surface area (Å²) in [4.78, 5) is 0. The molecular weight excluding hydrogens is 434 g/mol. The van der Waals surface area contributed by atoms with Gasteiger partial charge in [-0.25, -0.2) is 0 Å². The molecule has 0 aromatic heterocycles. The Balaban J connectivity index is 1.56. The van der Waals surface area contributed by atoms with Gasteiger partial charge in [-0.15, -0.1) is 0 Å². The molecule has 0 radical (unpaired) electrons. The van der Waals surface area contributed by atoms with Crippen molar-refractivity contribution in [3.63, 3.8) is 0 Å². The molecule has 1 aliphatic rings. The zero-order valence-electron chi connectivity index (χ0n) is 18.8. The van der Waals surface area contributed by atoms with E-state index < -0.39 is 15.8 Å². The molecule has 2 atom stereocenters. The van der Waals surface area contributed by atoms with Crippen molar-refractivity contribution >= 4 is 37.1 Å². The minimum Gasteiger partial charge on any atom is -0.0763 e. The Morgan fingerprint density at radius 3 is 1.36 bits per heavy atom. The van der Waals surface area contributed by atoms with Gasteiger partial charge < -0.3 is 0 Å². The molecule has 5 rings (SSSR count). The van der Waals surface area contributed by atoms with Crippen LogP contribution >= 0.6 is 15.8 Å². The lowest BCUT2D eigenvalue weighted by Crippen LogP contribution is -2.27. The second-order valence-corrected chi connectivity index (χ2v) is 13.1. The highest BCUT2D eigenvalue weighted by molar-refractivity contribution is 7.77. The fraction of sp³-hybridized carbons (Fsp3) is 0.0968. The van der Waals surface area contributed by atoms with Gasteiger partial charge >= 0.3 is 0 Å². The summed E-state index contributed by atoms with van der Waals surface area (Å²) in [5, 5.41) is 7.32. The molecule has 0 heterocycles. The van der Waals surface area contributed by atoms with Gasteiger partial charge in [0, 0.05) is 5.92 Å². The smallest absolute Gasteiger partial charge is 0.0103 e. The molecular formula is C31H28P2. The quantitative estimate of drug-likeness (QED) is 0.268. The molecule has 0 saturated heterocycles. The summed E-state index contributed by atoms with van der Waals surface area (Å²) in [5.74, 6) is 0.419. The average molecular weight is 463 g/mol. The Morgan fingerprint density at radius 1 is 0.545 bits per heavy atom. The molecule has 1 aliphatic carbocycles. The Hall–Kier alpha value is -2.78. The van der Waals surface area contributed by atoms with Gasteiger partial charge in [-0.1, -0.05) is 146 Å². The standard InChI is InChI=1S/C31H28P2/c1-25(32(26-15-6-2-7-16-26)27-17-8-3-9-18-27)30-23-14-24-31(30)33(28-19-10-4-11-20-28)29-21-12-5-13-22-29/h2-25,30H,1H3/t25-,30?/m0/s1. The predicted molar refractivity (Wildman–Crippen MR) is 148 cm³/mol. The van der Waals surface area contributed by atoms with Crippen molar-refractivity contribution in [3.05, 3.63) is 145 Å². The van der Waals surface area contributed by atoms with E-state index >= 15 is 0 Å². The van der Waals surface area contributed by atoms with Crippen molar-refractivity contribution in [1.82, 2.24) is 0 Å². The maximum absolute atomic E-state index is 2.46. The topological polar surface area (TPSA) is 0 Å². The maximum Gasteiger partial charge on any atom is 0.0103 e. The first-order valence-corrected chi connectivity index (χ1v) is 14.3. The van der Waals surface area contributed by atoms with Gasteiger partial charge in [-0.05, 0) is 48.0 Å². The van der Waals surface area contributed by atoms with Crippen LogP contribution < -0.4 is 21.2 Å². The molecule has 0 N–H and O–H groups in total. The van der Waals surface area contributed by atoms with Gasteiger partial charge in [0.2, 0.25) is 0 Å². The third-order valence-electron chi connectivity index (χ3n) is 6.21. The Bertz CT molecular complexity index is 1140. The zero-order chi connectivity index (χ0) is 22.5. The number of rotatable bonds is 7. The molecule has 4 aromatic rings. The van der Waals surface area contributed by atoms with Crippen molar-refractivity contribution in [2.75, 3.05) is 0 Å². The van der Waals surface area contributed by atoms with E-state index in [0.717, 1.165) is 0 Å². The molecule has 1 unspecified atom stereocenters. The first kappa shape index (κ1) is 22.0. The van der Waals surface area contributed by atoms with Crippen LogP contribution in [-0.2, 0) is 0 Å². The summed E-state index contributed by atoms with van der Waals surface area (Å²) in [7, 11) is -1.07. The second-order valence-electron chi connectivity index (χ2n) is 8.29. The molecule has 4 aromatic carbocycles. The van der Waals surface area contributed by atoms with E-state index in [1.807, 2.05) is 0 Å². The summed E-state index contributed by atoms with van der Waals surface area (Å²) in [6.45, 7) is 2.46. The molecule has 0 fully saturated rings. The van der Waals surface area contributed by atoms with Crippen LogP contribution in [0.3, 0.4) is 0 Å². The van der Waals surface area contributed by atoms with Crippen molar-refractivity contribution in [3.8, 4) is 0 Å². The van der Waals surface area contributed by atoms with Gasteiger partial charge in [0.25, 0.3) is 0 Å². The van der Waals surface area contributed by atoms with Crippen molar-refractivity contribution < 1.29 is 0 Å². The van der Waals surface area contributed by atoms with Gasteiger partial charge in [-0.3, -0.25) is 0 Å². The molecule has 0 bridgehead atoms. The molecule has 0 aliphatic heterocycles. The van der Waals surface area contributed by atoms with Crippen LogP contribution in [0.1, 0.15) is 6.92 Å². The van der Waals surface area contributed by atoms with Gasteiger partial charge in [0.05, 0.1) is 0 Å². The number of benzene rings is 4. The van der Waals surface area contributed by atoms with Crippen LogP contribution in [0.2, 0.25) is 0 Å². The highest BCUT2D eigenvalue weighted by atomic mass is 31.1. The fourth-order valence-corrected chi connectivity index (χ4v) is 10.3. The Kier molecular flexibility index (Phi) is 6.97. The molecule has 2 heteroatoms. The van der Waals surface area contributed by atoms with Crippen LogP contribution in [0.25, 0.3) is 0 Å². The Labute approximate surface area is 200 Å². The average Bonchev–Trinajstić information content (AvgIpc) is 3.36. The molecule has 0 nitrogen and oxygen atoms in total. The van der Waals surface area contributed by atoms with Crippen LogP contribution in [0, 0.1) is 5.92 Å². The van der Waals surface area contributed by atoms with Crippen molar-refractivity contribution in [2.24, 2.45) is 5.92 Å². The molecule has 162 valence electrons. The lowest BCUT2D eigenvalue weighted by Gasteiger charge is -2.34. The highest BCUT2D eigenvalue weighted by Gasteiger charge is 2.34. The van der Waals surface area contributed by atoms with Gasteiger partial charge in [-0.2, -0.15) is 0 Å². The van der Waals surface area contributed by atoms with E-state index in [9.17, 15) is 0 Å². The van der Waals surface area contributed by atoms with Crippen LogP contribution in [0.15, 0.2) is 145 Å². The van der Waals surface area contributed by atoms with E-state index in [0.29, 0.717) is 11.6 Å². The third kappa shape index (κ3) is 4.79. The van der Waals surface area contributed by atoms with Crippen LogP contribution in [-0.4, -0.2) is 5.66 Å². The summed E-state index contributed by atoms with van der Waals surface area (Å²) < 4.78 is 0. The number of hydrogen-bond acceptors (Lipinski definition) is 0. The van der Waals surface area contributed by atoms with Crippen LogP contribution in [0.5, 0.6) is 0 Å². The lowest BCUT2D eigenvalue weighted by molar-refractivity contribution is 0.785. The highest BCUT2D eigenvalue weighted by Crippen LogP contribution is 2.55. The number of allylic oxidation sites excluding steroid dienone is 4. The lowest BCUT2D eigenvalue weighted by atomic mass is 10.1. The minimum atomic E-state index is -0.577. The normalized spacial score (nSPS) is 16.2. The SMILES string of the molecule is C[C@@H](C1C=CC=C1P(c1ccccc1)c1ccccc1)P(c1ccccc1)c1ccccc1. The summed E-state index contributed by atoms with van der Waals surface area (Å²) in [6.07, 6.45) is 7.14. The van der Waals surface area contributed by atoms with Gasteiger partial charge in [0.15, 0.2) is 0 Å². The van der Waals surface area contributed by atoms with E-state index in [-0.39, 0.29) is 0 Å². The summed E-state index contributed by atoms with van der Waals surface area (Å²) in [6, 6.07) is 44.4. The van der Waals surface area contributed by atoms with E-state index in [2.05, 4.69) is 146 Å². The second kappa shape index (κ2) is 10.4. The molecule has 0 amide bonds. The number of hydrogen-bond donors (Lipinski definition) is 0. The van der Waals surface area contributed by atoms with Crippen molar-refractivity contribution in [2.45, 2.75) is 12.6 Å². The Morgan fingerprint density at radius 2 is 0.939 bits per heavy atom. The van der Waals surface area contributed by atoms with E-state index in [1.54, 1.807) is 5.31 Å². The fourth-order valence-electron chi connectivity index (χ4n) is 4.67. The van der Waals surface area contributed by atoms with Crippen molar-refractivity contribution in [1.29, 1.82) is 0 Å². The predicted octanol–water partition coefficient (Wildman–Crippen LogP) is 6.71. The van der Waals surface area contributed by atoms with Crippen LogP contribution in [0.4, 0.5) is 0 Å².